The smallest absolute Gasteiger partial charge is 0.261 e. The van der Waals surface area contributed by atoms with E-state index in [1.165, 1.54) is 11.1 Å². The van der Waals surface area contributed by atoms with E-state index in [0.29, 0.717) is 18.1 Å². The lowest BCUT2D eigenvalue weighted by molar-refractivity contribution is 0.0988. The van der Waals surface area contributed by atoms with Crippen molar-refractivity contribution in [2.45, 2.75) is 27.2 Å². The third kappa shape index (κ3) is 3.28. The van der Waals surface area contributed by atoms with Crippen LogP contribution >= 0.6 is 0 Å². The van der Waals surface area contributed by atoms with E-state index in [9.17, 15) is 4.79 Å². The molecule has 0 spiro atoms. The van der Waals surface area contributed by atoms with E-state index in [1.54, 1.807) is 17.3 Å². The van der Waals surface area contributed by atoms with Crippen LogP contribution in [-0.2, 0) is 6.42 Å². The molecule has 0 aliphatic carbocycles. The highest BCUT2D eigenvalue weighted by Gasteiger charge is 2.25. The minimum atomic E-state index is -0.0609. The van der Waals surface area contributed by atoms with E-state index < -0.39 is 0 Å². The Bertz CT molecular complexity index is 988. The standard InChI is InChI=1S/C22H22N4O/c1-14-10-15(2)20(16(3)11-14)25-22-23-12-18(13-24-22)21(27)26-9-8-17-6-4-5-7-19(17)26/h4-7,10-13H,8-9H2,1-3H3,(H,23,24,25). The van der Waals surface area contributed by atoms with Gasteiger partial charge in [-0.2, -0.15) is 0 Å². The topological polar surface area (TPSA) is 58.1 Å². The van der Waals surface area contributed by atoms with E-state index in [0.717, 1.165) is 28.9 Å². The summed E-state index contributed by atoms with van der Waals surface area (Å²) in [6.45, 7) is 6.90. The van der Waals surface area contributed by atoms with E-state index in [2.05, 4.69) is 54.3 Å². The van der Waals surface area contributed by atoms with E-state index in [-0.39, 0.29) is 5.91 Å². The van der Waals surface area contributed by atoms with E-state index in [4.69, 9.17) is 0 Å². The molecule has 4 rings (SSSR count). The zero-order valence-corrected chi connectivity index (χ0v) is 15.8. The number of benzene rings is 2. The minimum Gasteiger partial charge on any atom is -0.324 e. The van der Waals surface area contributed by atoms with Crippen LogP contribution in [-0.4, -0.2) is 22.4 Å². The molecule has 0 saturated heterocycles. The molecule has 0 unspecified atom stereocenters. The number of amides is 1. The number of nitrogens with zero attached hydrogens (tertiary/aromatic N) is 3. The Balaban J connectivity index is 1.54. The molecule has 1 aliphatic rings. The quantitative estimate of drug-likeness (QED) is 0.756. The molecule has 27 heavy (non-hydrogen) atoms. The van der Waals surface area contributed by atoms with Crippen LogP contribution in [0.25, 0.3) is 0 Å². The zero-order valence-electron chi connectivity index (χ0n) is 15.8. The van der Waals surface area contributed by atoms with Crippen molar-refractivity contribution in [2.24, 2.45) is 0 Å². The van der Waals surface area contributed by atoms with Gasteiger partial charge in [-0.3, -0.25) is 4.79 Å². The molecular formula is C22H22N4O. The van der Waals surface area contributed by atoms with Gasteiger partial charge in [-0.05, 0) is 49.9 Å². The van der Waals surface area contributed by atoms with Crippen molar-refractivity contribution in [3.05, 3.63) is 76.6 Å². The average Bonchev–Trinajstić information content (AvgIpc) is 3.09. The van der Waals surface area contributed by atoms with Crippen LogP contribution in [0.15, 0.2) is 48.8 Å². The van der Waals surface area contributed by atoms with Gasteiger partial charge in [0.25, 0.3) is 5.91 Å². The van der Waals surface area contributed by atoms with E-state index in [1.807, 2.05) is 18.2 Å². The zero-order chi connectivity index (χ0) is 19.0. The minimum absolute atomic E-state index is 0.0609. The van der Waals surface area contributed by atoms with Crippen molar-refractivity contribution in [1.29, 1.82) is 0 Å². The summed E-state index contributed by atoms with van der Waals surface area (Å²) in [4.78, 5) is 23.4. The van der Waals surface area contributed by atoms with Gasteiger partial charge in [0.2, 0.25) is 5.95 Å². The molecule has 5 nitrogen and oxygen atoms in total. The molecule has 0 saturated carbocycles. The van der Waals surface area contributed by atoms with Gasteiger partial charge in [0.05, 0.1) is 5.56 Å². The van der Waals surface area contributed by atoms with Crippen LogP contribution in [0.4, 0.5) is 17.3 Å². The molecule has 1 aromatic heterocycles. The lowest BCUT2D eigenvalue weighted by Crippen LogP contribution is -2.29. The van der Waals surface area contributed by atoms with Crippen LogP contribution in [0.5, 0.6) is 0 Å². The molecule has 0 radical (unpaired) electrons. The number of fused-ring (bicyclic) bond motifs is 1. The molecule has 1 amide bonds. The Morgan fingerprint density at radius 1 is 1.04 bits per heavy atom. The number of anilines is 3. The van der Waals surface area contributed by atoms with Gasteiger partial charge < -0.3 is 10.2 Å². The Kier molecular flexibility index (Phi) is 4.36. The second-order valence-electron chi connectivity index (χ2n) is 7.03. The summed E-state index contributed by atoms with van der Waals surface area (Å²) >= 11 is 0. The summed E-state index contributed by atoms with van der Waals surface area (Å²) in [5.41, 5.74) is 7.20. The first-order valence-electron chi connectivity index (χ1n) is 9.09. The number of carbonyl (C=O) groups excluding carboxylic acids is 1. The Morgan fingerprint density at radius 2 is 1.70 bits per heavy atom. The van der Waals surface area contributed by atoms with Crippen molar-refractivity contribution in [1.82, 2.24) is 9.97 Å². The van der Waals surface area contributed by atoms with Gasteiger partial charge in [-0.1, -0.05) is 35.9 Å². The van der Waals surface area contributed by atoms with Crippen LogP contribution in [0.1, 0.15) is 32.6 Å². The molecular weight excluding hydrogens is 336 g/mol. The average molecular weight is 358 g/mol. The molecule has 1 N–H and O–H groups in total. The Labute approximate surface area is 159 Å². The second kappa shape index (κ2) is 6.83. The van der Waals surface area contributed by atoms with Gasteiger partial charge in [-0.15, -0.1) is 0 Å². The van der Waals surface area contributed by atoms with Crippen LogP contribution in [0.2, 0.25) is 0 Å². The highest BCUT2D eigenvalue weighted by molar-refractivity contribution is 6.07. The summed E-state index contributed by atoms with van der Waals surface area (Å²) < 4.78 is 0. The first-order valence-corrected chi connectivity index (χ1v) is 9.09. The molecule has 0 fully saturated rings. The molecule has 2 aromatic carbocycles. The van der Waals surface area contributed by atoms with E-state index >= 15 is 0 Å². The fourth-order valence-electron chi connectivity index (χ4n) is 3.70. The highest BCUT2D eigenvalue weighted by Crippen LogP contribution is 2.29. The molecule has 3 aromatic rings. The maximum absolute atomic E-state index is 12.9. The molecule has 5 heteroatoms. The second-order valence-corrected chi connectivity index (χ2v) is 7.03. The van der Waals surface area contributed by atoms with Gasteiger partial charge in [0.15, 0.2) is 0 Å². The van der Waals surface area contributed by atoms with Crippen LogP contribution in [0.3, 0.4) is 0 Å². The highest BCUT2D eigenvalue weighted by atomic mass is 16.2. The first-order chi connectivity index (χ1) is 13.0. The summed E-state index contributed by atoms with van der Waals surface area (Å²) in [5, 5.41) is 3.27. The fourth-order valence-corrected chi connectivity index (χ4v) is 3.70. The number of carbonyl (C=O) groups is 1. The number of nitrogens with one attached hydrogen (secondary N) is 1. The van der Waals surface area contributed by atoms with Gasteiger partial charge in [0, 0.05) is 30.3 Å². The third-order valence-electron chi connectivity index (χ3n) is 4.94. The molecule has 136 valence electrons. The molecule has 1 aliphatic heterocycles. The van der Waals surface area contributed by atoms with Crippen molar-refractivity contribution in [2.75, 3.05) is 16.8 Å². The van der Waals surface area contributed by atoms with Gasteiger partial charge in [0.1, 0.15) is 0 Å². The Hall–Kier alpha value is -3.21. The first kappa shape index (κ1) is 17.2. The number of aromatic nitrogens is 2. The van der Waals surface area contributed by atoms with Crippen molar-refractivity contribution in [3.8, 4) is 0 Å². The number of rotatable bonds is 3. The van der Waals surface area contributed by atoms with Crippen molar-refractivity contribution < 1.29 is 4.79 Å². The monoisotopic (exact) mass is 358 g/mol. The maximum atomic E-state index is 12.9. The number of para-hydroxylation sites is 1. The van der Waals surface area contributed by atoms with Crippen molar-refractivity contribution in [3.63, 3.8) is 0 Å². The summed E-state index contributed by atoms with van der Waals surface area (Å²) in [6, 6.07) is 12.3. The number of aryl methyl sites for hydroxylation is 3. The number of hydrogen-bond acceptors (Lipinski definition) is 4. The predicted octanol–water partition coefficient (Wildman–Crippen LogP) is 4.35. The number of hydrogen-bond donors (Lipinski definition) is 1. The third-order valence-corrected chi connectivity index (χ3v) is 4.94. The largest absolute Gasteiger partial charge is 0.324 e. The van der Waals surface area contributed by atoms with Gasteiger partial charge >= 0.3 is 0 Å². The lowest BCUT2D eigenvalue weighted by atomic mass is 10.1. The van der Waals surface area contributed by atoms with Gasteiger partial charge in [-0.25, -0.2) is 9.97 Å². The summed E-state index contributed by atoms with van der Waals surface area (Å²) in [5.74, 6) is 0.428. The molecule has 2 heterocycles. The van der Waals surface area contributed by atoms with Crippen LogP contribution in [0, 0.1) is 20.8 Å². The SMILES string of the molecule is Cc1cc(C)c(Nc2ncc(C(=O)N3CCc4ccccc43)cn2)c(C)c1. The lowest BCUT2D eigenvalue weighted by Gasteiger charge is -2.17. The summed E-state index contributed by atoms with van der Waals surface area (Å²) in [7, 11) is 0. The summed E-state index contributed by atoms with van der Waals surface area (Å²) in [6.07, 6.45) is 4.07. The van der Waals surface area contributed by atoms with Crippen LogP contribution < -0.4 is 10.2 Å². The normalized spacial score (nSPS) is 12.8. The predicted molar refractivity (Wildman–Crippen MR) is 108 cm³/mol. The fraction of sp³-hybridized carbons (Fsp3) is 0.227. The molecule has 0 atom stereocenters. The molecule has 0 bridgehead atoms. The van der Waals surface area contributed by atoms with Crippen molar-refractivity contribution >= 4 is 23.2 Å². The Morgan fingerprint density at radius 3 is 2.41 bits per heavy atom. The maximum Gasteiger partial charge on any atom is 0.261 e.